The van der Waals surface area contributed by atoms with Gasteiger partial charge in [-0.3, -0.25) is 14.4 Å². The minimum atomic E-state index is -0.927. The Hall–Kier alpha value is -3.15. The van der Waals surface area contributed by atoms with Crippen LogP contribution in [0.2, 0.25) is 0 Å². The number of nitrogens with zero attached hydrogens (tertiary/aromatic N) is 1. The van der Waals surface area contributed by atoms with Crippen molar-refractivity contribution in [3.05, 3.63) is 65.7 Å². The van der Waals surface area contributed by atoms with Gasteiger partial charge in [0.25, 0.3) is 5.91 Å². The standard InChI is InChI=1S/C22H24N2O4/c1-22(13-6-14-24(22)20(27)17-8-3-2-4-9-17)21(28)23-18-10-5-7-16(15-18)11-12-19(25)26/h2-5,7-10,15H,6,11-14H2,1H3,(H,23,28)(H,25,26). The minimum absolute atomic E-state index is 0.0362. The van der Waals surface area contributed by atoms with Gasteiger partial charge in [0.05, 0.1) is 0 Å². The van der Waals surface area contributed by atoms with Crippen molar-refractivity contribution in [2.45, 2.75) is 38.1 Å². The first-order valence-electron chi connectivity index (χ1n) is 9.39. The fourth-order valence-electron chi connectivity index (χ4n) is 3.58. The van der Waals surface area contributed by atoms with Gasteiger partial charge in [-0.2, -0.15) is 0 Å². The van der Waals surface area contributed by atoms with E-state index in [0.717, 1.165) is 12.0 Å². The number of aliphatic carboxylic acids is 1. The molecule has 0 bridgehead atoms. The Morgan fingerprint density at radius 2 is 1.86 bits per heavy atom. The molecular formula is C22H24N2O4. The molecule has 28 heavy (non-hydrogen) atoms. The molecule has 0 spiro atoms. The molecule has 0 aromatic heterocycles. The molecule has 1 saturated heterocycles. The summed E-state index contributed by atoms with van der Waals surface area (Å²) in [6, 6.07) is 16.1. The van der Waals surface area contributed by atoms with Crippen molar-refractivity contribution in [2.24, 2.45) is 0 Å². The second-order valence-electron chi connectivity index (χ2n) is 7.25. The van der Waals surface area contributed by atoms with Gasteiger partial charge in [-0.05, 0) is 56.0 Å². The van der Waals surface area contributed by atoms with E-state index in [2.05, 4.69) is 5.32 Å². The Kier molecular flexibility index (Phi) is 5.78. The number of carbonyl (C=O) groups excluding carboxylic acids is 2. The van der Waals surface area contributed by atoms with Gasteiger partial charge >= 0.3 is 5.97 Å². The molecule has 2 aromatic carbocycles. The van der Waals surface area contributed by atoms with Crippen LogP contribution in [0.5, 0.6) is 0 Å². The third-order valence-electron chi connectivity index (χ3n) is 5.21. The number of amides is 2. The van der Waals surface area contributed by atoms with Gasteiger partial charge < -0.3 is 15.3 Å². The molecule has 6 nitrogen and oxygen atoms in total. The van der Waals surface area contributed by atoms with Crippen molar-refractivity contribution in [1.29, 1.82) is 0 Å². The highest BCUT2D eigenvalue weighted by molar-refractivity contribution is 6.04. The van der Waals surface area contributed by atoms with Gasteiger partial charge in [-0.25, -0.2) is 0 Å². The molecule has 1 fully saturated rings. The molecule has 2 N–H and O–H groups in total. The number of hydrogen-bond acceptors (Lipinski definition) is 3. The Morgan fingerprint density at radius 3 is 2.57 bits per heavy atom. The summed E-state index contributed by atoms with van der Waals surface area (Å²) in [5, 5.41) is 11.7. The summed E-state index contributed by atoms with van der Waals surface area (Å²) in [7, 11) is 0. The predicted octanol–water partition coefficient (Wildman–Crippen LogP) is 3.34. The van der Waals surface area contributed by atoms with Crippen LogP contribution >= 0.6 is 0 Å². The van der Waals surface area contributed by atoms with Gasteiger partial charge in [0, 0.05) is 24.2 Å². The summed E-state index contributed by atoms with van der Waals surface area (Å²) in [5.41, 5.74) is 1.09. The van der Waals surface area contributed by atoms with E-state index in [1.165, 1.54) is 0 Å². The second kappa shape index (κ2) is 8.25. The fraction of sp³-hybridized carbons (Fsp3) is 0.318. The van der Waals surface area contributed by atoms with Gasteiger partial charge in [0.2, 0.25) is 5.91 Å². The van der Waals surface area contributed by atoms with Crippen LogP contribution in [-0.4, -0.2) is 39.9 Å². The van der Waals surface area contributed by atoms with E-state index in [4.69, 9.17) is 5.11 Å². The summed E-state index contributed by atoms with van der Waals surface area (Å²) in [6.07, 6.45) is 1.79. The summed E-state index contributed by atoms with van der Waals surface area (Å²) in [4.78, 5) is 38.4. The maximum absolute atomic E-state index is 13.1. The van der Waals surface area contributed by atoms with E-state index in [0.29, 0.717) is 30.6 Å². The van der Waals surface area contributed by atoms with Crippen LogP contribution in [0.1, 0.15) is 42.1 Å². The zero-order chi connectivity index (χ0) is 20.1. The summed E-state index contributed by atoms with van der Waals surface area (Å²) >= 11 is 0. The number of benzene rings is 2. The van der Waals surface area contributed by atoms with Crippen molar-refractivity contribution in [3.8, 4) is 0 Å². The average molecular weight is 380 g/mol. The summed E-state index contributed by atoms with van der Waals surface area (Å²) in [6.45, 7) is 2.33. The van der Waals surface area contributed by atoms with Crippen molar-refractivity contribution in [1.82, 2.24) is 4.90 Å². The highest BCUT2D eigenvalue weighted by atomic mass is 16.4. The molecule has 2 amide bonds. The largest absolute Gasteiger partial charge is 0.481 e. The number of likely N-dealkylation sites (tertiary alicyclic amines) is 1. The normalized spacial score (nSPS) is 18.7. The van der Waals surface area contributed by atoms with Gasteiger partial charge in [0.1, 0.15) is 5.54 Å². The SMILES string of the molecule is CC1(C(=O)Nc2cccc(CCC(=O)O)c2)CCCN1C(=O)c1ccccc1. The van der Waals surface area contributed by atoms with Crippen LogP contribution < -0.4 is 5.32 Å². The molecular weight excluding hydrogens is 356 g/mol. The number of hydrogen-bond donors (Lipinski definition) is 2. The van der Waals surface area contributed by atoms with E-state index in [1.807, 2.05) is 24.3 Å². The molecule has 0 saturated carbocycles. The van der Waals surface area contributed by atoms with Crippen molar-refractivity contribution in [2.75, 3.05) is 11.9 Å². The van der Waals surface area contributed by atoms with E-state index in [1.54, 1.807) is 42.2 Å². The molecule has 146 valence electrons. The number of anilines is 1. The highest BCUT2D eigenvalue weighted by Crippen LogP contribution is 2.32. The highest BCUT2D eigenvalue weighted by Gasteiger charge is 2.45. The van der Waals surface area contributed by atoms with Crippen LogP contribution in [0.25, 0.3) is 0 Å². The van der Waals surface area contributed by atoms with Crippen LogP contribution in [0.15, 0.2) is 54.6 Å². The van der Waals surface area contributed by atoms with E-state index < -0.39 is 11.5 Å². The number of nitrogens with one attached hydrogen (secondary N) is 1. The number of aryl methyl sites for hydroxylation is 1. The number of carboxylic acid groups (broad SMARTS) is 1. The summed E-state index contributed by atoms with van der Waals surface area (Å²) < 4.78 is 0. The first-order chi connectivity index (χ1) is 13.4. The maximum Gasteiger partial charge on any atom is 0.303 e. The molecule has 0 aliphatic carbocycles. The number of carboxylic acids is 1. The smallest absolute Gasteiger partial charge is 0.303 e. The average Bonchev–Trinajstić information content (AvgIpc) is 3.10. The van der Waals surface area contributed by atoms with Gasteiger partial charge in [-0.1, -0.05) is 30.3 Å². The first-order valence-corrected chi connectivity index (χ1v) is 9.39. The van der Waals surface area contributed by atoms with Crippen molar-refractivity contribution >= 4 is 23.5 Å². The zero-order valence-corrected chi connectivity index (χ0v) is 15.9. The predicted molar refractivity (Wildman–Crippen MR) is 106 cm³/mol. The lowest BCUT2D eigenvalue weighted by atomic mass is 9.96. The van der Waals surface area contributed by atoms with Gasteiger partial charge in [0.15, 0.2) is 0 Å². The van der Waals surface area contributed by atoms with E-state index >= 15 is 0 Å². The van der Waals surface area contributed by atoms with Gasteiger partial charge in [-0.15, -0.1) is 0 Å². The molecule has 1 unspecified atom stereocenters. The molecule has 1 heterocycles. The Morgan fingerprint density at radius 1 is 1.11 bits per heavy atom. The van der Waals surface area contributed by atoms with E-state index in [9.17, 15) is 14.4 Å². The molecule has 0 radical (unpaired) electrons. The lowest BCUT2D eigenvalue weighted by Gasteiger charge is -2.34. The first kappa shape index (κ1) is 19.6. The van der Waals surface area contributed by atoms with E-state index in [-0.39, 0.29) is 18.2 Å². The molecule has 3 rings (SSSR count). The quantitative estimate of drug-likeness (QED) is 0.805. The fourth-order valence-corrected chi connectivity index (χ4v) is 3.58. The number of carbonyl (C=O) groups is 3. The Bertz CT molecular complexity index is 881. The monoisotopic (exact) mass is 380 g/mol. The lowest BCUT2D eigenvalue weighted by molar-refractivity contribution is -0.137. The molecule has 2 aromatic rings. The molecule has 1 aliphatic rings. The topological polar surface area (TPSA) is 86.7 Å². The molecule has 1 aliphatic heterocycles. The Balaban J connectivity index is 1.74. The van der Waals surface area contributed by atoms with Crippen molar-refractivity contribution < 1.29 is 19.5 Å². The summed E-state index contributed by atoms with van der Waals surface area (Å²) in [5.74, 6) is -1.24. The van der Waals surface area contributed by atoms with Crippen LogP contribution in [-0.2, 0) is 16.0 Å². The Labute approximate surface area is 164 Å². The second-order valence-corrected chi connectivity index (χ2v) is 7.25. The third-order valence-corrected chi connectivity index (χ3v) is 5.21. The maximum atomic E-state index is 13.1. The molecule has 1 atom stereocenters. The lowest BCUT2D eigenvalue weighted by Crippen LogP contribution is -2.53. The molecule has 6 heteroatoms. The zero-order valence-electron chi connectivity index (χ0n) is 15.9. The van der Waals surface area contributed by atoms with Crippen LogP contribution in [0.3, 0.4) is 0 Å². The van der Waals surface area contributed by atoms with Crippen LogP contribution in [0.4, 0.5) is 5.69 Å². The van der Waals surface area contributed by atoms with Crippen molar-refractivity contribution in [3.63, 3.8) is 0 Å². The van der Waals surface area contributed by atoms with Crippen LogP contribution in [0, 0.1) is 0 Å². The minimum Gasteiger partial charge on any atom is -0.481 e. The number of rotatable bonds is 6. The third kappa shape index (κ3) is 4.22.